The number of rotatable bonds is 8. The fraction of sp³-hybridized carbons (Fsp3) is 0.867. The maximum Gasteiger partial charge on any atom is 0.311 e. The summed E-state index contributed by atoms with van der Waals surface area (Å²) in [4.78, 5) is 24.2. The Kier molecular flexibility index (Phi) is 4.58. The molecule has 0 aromatic rings. The van der Waals surface area contributed by atoms with Crippen LogP contribution in [0.1, 0.15) is 34.1 Å². The quantitative estimate of drug-likeness (QED) is 0.497. The molecule has 21 heavy (non-hydrogen) atoms. The summed E-state index contributed by atoms with van der Waals surface area (Å²) in [6.07, 6.45) is 0.442. The molecule has 2 unspecified atom stereocenters. The molecule has 0 aromatic carbocycles. The number of carbonyl (C=O) groups excluding carboxylic acids is 2. The third kappa shape index (κ3) is 4.97. The Balaban J connectivity index is 1.82. The first-order chi connectivity index (χ1) is 9.71. The van der Waals surface area contributed by atoms with E-state index < -0.39 is 10.8 Å². The number of ether oxygens (including phenoxy) is 4. The largest absolute Gasteiger partial charge is 0.462 e. The Bertz CT molecular complexity index is 368. The summed E-state index contributed by atoms with van der Waals surface area (Å²) in [6, 6.07) is 0. The van der Waals surface area contributed by atoms with Crippen molar-refractivity contribution in [1.82, 2.24) is 0 Å². The predicted octanol–water partition coefficient (Wildman–Crippen LogP) is 1.31. The van der Waals surface area contributed by atoms with Gasteiger partial charge in [0.25, 0.3) is 0 Å². The SMILES string of the molecule is CC(C)(CC(C)(C)C(=O)OCC1CO1)C(=O)OCC1CO1. The predicted molar refractivity (Wildman–Crippen MR) is 73.6 cm³/mol. The smallest absolute Gasteiger partial charge is 0.311 e. The minimum Gasteiger partial charge on any atom is -0.462 e. The molecule has 0 spiro atoms. The average Bonchev–Trinajstić information content (AvgIpc) is 3.25. The molecule has 0 amide bonds. The van der Waals surface area contributed by atoms with Gasteiger partial charge in [-0.1, -0.05) is 0 Å². The summed E-state index contributed by atoms with van der Waals surface area (Å²) in [6.45, 7) is 8.98. The summed E-state index contributed by atoms with van der Waals surface area (Å²) >= 11 is 0. The van der Waals surface area contributed by atoms with E-state index in [1.165, 1.54) is 0 Å². The van der Waals surface area contributed by atoms with E-state index in [0.717, 1.165) is 0 Å². The molecule has 0 radical (unpaired) electrons. The van der Waals surface area contributed by atoms with Crippen molar-refractivity contribution in [3.05, 3.63) is 0 Å². The summed E-state index contributed by atoms with van der Waals surface area (Å²) in [5, 5.41) is 0. The van der Waals surface area contributed by atoms with E-state index in [1.54, 1.807) is 27.7 Å². The van der Waals surface area contributed by atoms with Crippen LogP contribution in [0.3, 0.4) is 0 Å². The second kappa shape index (κ2) is 5.93. The molecule has 2 aliphatic rings. The number of hydrogen-bond donors (Lipinski definition) is 0. The maximum atomic E-state index is 12.1. The molecule has 0 bridgehead atoms. The molecule has 0 aromatic heterocycles. The lowest BCUT2D eigenvalue weighted by Crippen LogP contribution is -2.37. The number of carbonyl (C=O) groups is 2. The Hall–Kier alpha value is -1.14. The second-order valence-electron chi connectivity index (χ2n) is 7.05. The summed E-state index contributed by atoms with van der Waals surface area (Å²) in [7, 11) is 0. The number of esters is 2. The van der Waals surface area contributed by atoms with Crippen LogP contribution >= 0.6 is 0 Å². The minimum atomic E-state index is -0.756. The first-order valence-corrected chi connectivity index (χ1v) is 7.28. The third-order valence-electron chi connectivity index (χ3n) is 3.59. The maximum absolute atomic E-state index is 12.1. The van der Waals surface area contributed by atoms with Crippen molar-refractivity contribution in [1.29, 1.82) is 0 Å². The molecule has 120 valence electrons. The zero-order chi connectivity index (χ0) is 15.7. The molecule has 2 atom stereocenters. The molecule has 2 heterocycles. The highest BCUT2D eigenvalue weighted by atomic mass is 16.6. The van der Waals surface area contributed by atoms with Gasteiger partial charge in [0.2, 0.25) is 0 Å². The summed E-state index contributed by atoms with van der Waals surface area (Å²) in [5.74, 6) is -0.631. The molecule has 2 saturated heterocycles. The number of epoxide rings is 2. The molecule has 2 fully saturated rings. The zero-order valence-electron chi connectivity index (χ0n) is 13.1. The monoisotopic (exact) mass is 300 g/mol. The molecule has 0 saturated carbocycles. The Morgan fingerprint density at radius 1 is 0.905 bits per heavy atom. The van der Waals surface area contributed by atoms with E-state index in [1.807, 2.05) is 0 Å². The van der Waals surface area contributed by atoms with E-state index in [0.29, 0.717) is 19.6 Å². The highest BCUT2D eigenvalue weighted by molar-refractivity contribution is 5.80. The zero-order valence-corrected chi connectivity index (χ0v) is 13.1. The first-order valence-electron chi connectivity index (χ1n) is 7.28. The van der Waals surface area contributed by atoms with Gasteiger partial charge in [0, 0.05) is 0 Å². The highest BCUT2D eigenvalue weighted by Crippen LogP contribution is 2.36. The molecule has 6 nitrogen and oxygen atoms in total. The minimum absolute atomic E-state index is 0.0428. The van der Waals surface area contributed by atoms with Gasteiger partial charge in [0.1, 0.15) is 25.4 Å². The lowest BCUT2D eigenvalue weighted by atomic mass is 9.75. The van der Waals surface area contributed by atoms with E-state index >= 15 is 0 Å². The van der Waals surface area contributed by atoms with Crippen LogP contribution in [0.15, 0.2) is 0 Å². The molecule has 2 rings (SSSR count). The van der Waals surface area contributed by atoms with Crippen LogP contribution in [0.2, 0.25) is 0 Å². The van der Waals surface area contributed by atoms with E-state index in [9.17, 15) is 9.59 Å². The van der Waals surface area contributed by atoms with Crippen LogP contribution in [0, 0.1) is 10.8 Å². The molecule has 0 aliphatic carbocycles. The van der Waals surface area contributed by atoms with Crippen molar-refractivity contribution in [3.63, 3.8) is 0 Å². The topological polar surface area (TPSA) is 77.7 Å². The van der Waals surface area contributed by atoms with Crippen molar-refractivity contribution in [2.24, 2.45) is 10.8 Å². The van der Waals surface area contributed by atoms with Gasteiger partial charge in [-0.25, -0.2) is 0 Å². The van der Waals surface area contributed by atoms with Crippen LogP contribution in [-0.4, -0.2) is 50.6 Å². The van der Waals surface area contributed by atoms with Gasteiger partial charge < -0.3 is 18.9 Å². The van der Waals surface area contributed by atoms with Gasteiger partial charge in [0.15, 0.2) is 0 Å². The van der Waals surface area contributed by atoms with Crippen molar-refractivity contribution in [2.45, 2.75) is 46.3 Å². The van der Waals surface area contributed by atoms with Crippen LogP contribution < -0.4 is 0 Å². The molecular weight excluding hydrogens is 276 g/mol. The fourth-order valence-corrected chi connectivity index (χ4v) is 2.31. The van der Waals surface area contributed by atoms with Crippen LogP contribution in [0.5, 0.6) is 0 Å². The van der Waals surface area contributed by atoms with Crippen LogP contribution in [0.4, 0.5) is 0 Å². The third-order valence-corrected chi connectivity index (χ3v) is 3.59. The van der Waals surface area contributed by atoms with E-state index in [2.05, 4.69) is 0 Å². The van der Waals surface area contributed by atoms with E-state index in [4.69, 9.17) is 18.9 Å². The Morgan fingerprint density at radius 2 is 1.24 bits per heavy atom. The van der Waals surface area contributed by atoms with Crippen LogP contribution in [-0.2, 0) is 28.5 Å². The second-order valence-corrected chi connectivity index (χ2v) is 7.05. The lowest BCUT2D eigenvalue weighted by Gasteiger charge is -2.31. The van der Waals surface area contributed by atoms with Gasteiger partial charge in [-0.3, -0.25) is 9.59 Å². The first kappa shape index (κ1) is 16.2. The number of hydrogen-bond acceptors (Lipinski definition) is 6. The van der Waals surface area contributed by atoms with Gasteiger partial charge >= 0.3 is 11.9 Å². The average molecular weight is 300 g/mol. The Labute approximate surface area is 125 Å². The van der Waals surface area contributed by atoms with Gasteiger partial charge in [0.05, 0.1) is 24.0 Å². The van der Waals surface area contributed by atoms with E-state index in [-0.39, 0.29) is 37.4 Å². The summed E-state index contributed by atoms with van der Waals surface area (Å²) < 4.78 is 20.5. The fourth-order valence-electron chi connectivity index (χ4n) is 2.31. The highest BCUT2D eigenvalue weighted by Gasteiger charge is 2.42. The van der Waals surface area contributed by atoms with Gasteiger partial charge in [-0.15, -0.1) is 0 Å². The normalized spacial score (nSPS) is 24.4. The van der Waals surface area contributed by atoms with Crippen LogP contribution in [0.25, 0.3) is 0 Å². The van der Waals surface area contributed by atoms with Gasteiger partial charge in [-0.2, -0.15) is 0 Å². The van der Waals surface area contributed by atoms with Crippen molar-refractivity contribution < 1.29 is 28.5 Å². The Morgan fingerprint density at radius 3 is 1.52 bits per heavy atom. The standard InChI is InChI=1S/C15H24O6/c1-14(2,12(16)20-7-10-5-18-10)9-15(3,4)13(17)21-8-11-6-19-11/h10-11H,5-9H2,1-4H3. The van der Waals surface area contributed by atoms with Crippen molar-refractivity contribution in [3.8, 4) is 0 Å². The molecular formula is C15H24O6. The summed E-state index contributed by atoms with van der Waals surface area (Å²) in [5.41, 5.74) is -1.51. The van der Waals surface area contributed by atoms with Crippen molar-refractivity contribution in [2.75, 3.05) is 26.4 Å². The van der Waals surface area contributed by atoms with Gasteiger partial charge in [-0.05, 0) is 34.1 Å². The molecule has 2 aliphatic heterocycles. The molecule has 6 heteroatoms. The molecule has 0 N–H and O–H groups in total. The lowest BCUT2D eigenvalue weighted by molar-refractivity contribution is -0.162. The van der Waals surface area contributed by atoms with Crippen molar-refractivity contribution >= 4 is 11.9 Å².